The zero-order valence-corrected chi connectivity index (χ0v) is 8.58. The van der Waals surface area contributed by atoms with Crippen LogP contribution in [0.1, 0.15) is 5.69 Å². The average Bonchev–Trinajstić information content (AvgIpc) is 2.21. The van der Waals surface area contributed by atoms with Crippen molar-refractivity contribution in [3.8, 4) is 0 Å². The van der Waals surface area contributed by atoms with Gasteiger partial charge in [-0.15, -0.1) is 11.8 Å². The third kappa shape index (κ3) is 3.61. The number of carbonyl (C=O) groups excluding carboxylic acids is 1. The topological polar surface area (TPSA) is 78.1 Å². The van der Waals surface area contributed by atoms with Gasteiger partial charge in [0.1, 0.15) is 5.82 Å². The number of methoxy groups -OCH3 is 1. The number of nitrogens with zero attached hydrogens (tertiary/aromatic N) is 2. The van der Waals surface area contributed by atoms with E-state index in [9.17, 15) is 4.79 Å². The molecule has 14 heavy (non-hydrogen) atoms. The van der Waals surface area contributed by atoms with E-state index in [1.54, 1.807) is 6.20 Å². The third-order valence-corrected chi connectivity index (χ3v) is 2.36. The molecule has 0 bridgehead atoms. The van der Waals surface area contributed by atoms with Gasteiger partial charge in [0, 0.05) is 5.75 Å². The molecule has 2 N–H and O–H groups in total. The average molecular weight is 213 g/mol. The first-order valence-corrected chi connectivity index (χ1v) is 5.09. The summed E-state index contributed by atoms with van der Waals surface area (Å²) < 4.78 is 4.49. The van der Waals surface area contributed by atoms with Crippen molar-refractivity contribution < 1.29 is 9.53 Å². The summed E-state index contributed by atoms with van der Waals surface area (Å²) in [5.41, 5.74) is 6.17. The second-order valence-corrected chi connectivity index (χ2v) is 3.49. The second-order valence-electron chi connectivity index (χ2n) is 2.50. The van der Waals surface area contributed by atoms with Gasteiger partial charge in [-0.1, -0.05) is 0 Å². The monoisotopic (exact) mass is 213 g/mol. The molecule has 0 aliphatic rings. The molecule has 0 aliphatic carbocycles. The van der Waals surface area contributed by atoms with Crippen LogP contribution in [0.5, 0.6) is 0 Å². The third-order valence-electron chi connectivity index (χ3n) is 1.42. The number of thioether (sulfide) groups is 1. The van der Waals surface area contributed by atoms with Crippen LogP contribution in [0.3, 0.4) is 0 Å². The van der Waals surface area contributed by atoms with Crippen molar-refractivity contribution in [3.63, 3.8) is 0 Å². The van der Waals surface area contributed by atoms with Gasteiger partial charge >= 0.3 is 5.97 Å². The van der Waals surface area contributed by atoms with E-state index >= 15 is 0 Å². The second kappa shape index (κ2) is 5.43. The van der Waals surface area contributed by atoms with Gasteiger partial charge in [0.25, 0.3) is 0 Å². The summed E-state index contributed by atoms with van der Waals surface area (Å²) in [6, 6.07) is 0. The highest BCUT2D eigenvalue weighted by Gasteiger charge is 2.01. The van der Waals surface area contributed by atoms with E-state index in [2.05, 4.69) is 14.7 Å². The van der Waals surface area contributed by atoms with Crippen molar-refractivity contribution in [2.75, 3.05) is 18.6 Å². The highest BCUT2D eigenvalue weighted by molar-refractivity contribution is 7.99. The van der Waals surface area contributed by atoms with Crippen molar-refractivity contribution in [2.24, 2.45) is 0 Å². The van der Waals surface area contributed by atoms with E-state index in [1.807, 2.05) is 0 Å². The normalized spacial score (nSPS) is 9.79. The van der Waals surface area contributed by atoms with Gasteiger partial charge in [0.2, 0.25) is 0 Å². The number of hydrogen-bond acceptors (Lipinski definition) is 6. The molecule has 5 nitrogen and oxygen atoms in total. The van der Waals surface area contributed by atoms with Crippen LogP contribution in [0.2, 0.25) is 0 Å². The van der Waals surface area contributed by atoms with Crippen LogP contribution in [0.15, 0.2) is 12.4 Å². The lowest BCUT2D eigenvalue weighted by molar-refractivity contribution is -0.137. The van der Waals surface area contributed by atoms with Crippen LogP contribution in [-0.4, -0.2) is 28.8 Å². The van der Waals surface area contributed by atoms with E-state index in [0.29, 0.717) is 17.3 Å². The van der Waals surface area contributed by atoms with Gasteiger partial charge in [-0.25, -0.2) is 4.98 Å². The zero-order valence-electron chi connectivity index (χ0n) is 7.77. The van der Waals surface area contributed by atoms with E-state index < -0.39 is 0 Å². The van der Waals surface area contributed by atoms with Crippen molar-refractivity contribution >= 4 is 23.5 Å². The lowest BCUT2D eigenvalue weighted by atomic mass is 10.5. The molecule has 0 spiro atoms. The molecule has 0 saturated carbocycles. The minimum absolute atomic E-state index is 0.238. The van der Waals surface area contributed by atoms with Crippen molar-refractivity contribution in [3.05, 3.63) is 18.1 Å². The molecule has 0 fully saturated rings. The SMILES string of the molecule is COC(=O)CSCc1cnc(N)cn1. The molecular weight excluding hydrogens is 202 g/mol. The quantitative estimate of drug-likeness (QED) is 0.732. The van der Waals surface area contributed by atoms with Gasteiger partial charge in [-0.2, -0.15) is 0 Å². The molecule has 0 aromatic carbocycles. The summed E-state index contributed by atoms with van der Waals surface area (Å²) in [5.74, 6) is 1.11. The summed E-state index contributed by atoms with van der Waals surface area (Å²) >= 11 is 1.43. The molecule has 0 atom stereocenters. The van der Waals surface area contributed by atoms with Crippen molar-refractivity contribution in [1.29, 1.82) is 0 Å². The fourth-order valence-corrected chi connectivity index (χ4v) is 1.48. The highest BCUT2D eigenvalue weighted by Crippen LogP contribution is 2.09. The Labute approximate surface area is 86.1 Å². The first-order valence-electron chi connectivity index (χ1n) is 3.93. The summed E-state index contributed by atoms with van der Waals surface area (Å²) in [5, 5.41) is 0. The Morgan fingerprint density at radius 1 is 1.57 bits per heavy atom. The number of carbonyl (C=O) groups is 1. The molecule has 1 heterocycles. The summed E-state index contributed by atoms with van der Waals surface area (Å²) in [6.45, 7) is 0. The maximum atomic E-state index is 10.8. The van der Waals surface area contributed by atoms with Crippen LogP contribution < -0.4 is 5.73 Å². The minimum Gasteiger partial charge on any atom is -0.468 e. The Hall–Kier alpha value is -1.30. The molecule has 0 saturated heterocycles. The predicted molar refractivity (Wildman–Crippen MR) is 54.6 cm³/mol. The van der Waals surface area contributed by atoms with E-state index in [1.165, 1.54) is 25.1 Å². The van der Waals surface area contributed by atoms with Crippen molar-refractivity contribution in [2.45, 2.75) is 5.75 Å². The number of anilines is 1. The maximum absolute atomic E-state index is 10.8. The lowest BCUT2D eigenvalue weighted by Gasteiger charge is -1.99. The number of rotatable bonds is 4. The molecule has 0 unspecified atom stereocenters. The van der Waals surface area contributed by atoms with Crippen molar-refractivity contribution in [1.82, 2.24) is 9.97 Å². The van der Waals surface area contributed by atoms with Gasteiger partial charge in [0.05, 0.1) is 31.0 Å². The Morgan fingerprint density at radius 3 is 2.93 bits per heavy atom. The molecule has 1 aromatic heterocycles. The number of nitrogen functional groups attached to an aromatic ring is 1. The standard InChI is InChI=1S/C8H11N3O2S/c1-13-8(12)5-14-4-6-2-11-7(9)3-10-6/h2-3H,4-5H2,1H3,(H2,9,11). The van der Waals surface area contributed by atoms with Crippen LogP contribution in [0.25, 0.3) is 0 Å². The highest BCUT2D eigenvalue weighted by atomic mass is 32.2. The Morgan fingerprint density at radius 2 is 2.36 bits per heavy atom. The van der Waals surface area contributed by atoms with Gasteiger partial charge in [-0.3, -0.25) is 9.78 Å². The molecular formula is C8H11N3O2S. The predicted octanol–water partition coefficient (Wildman–Crippen LogP) is 0.465. The van der Waals surface area contributed by atoms with E-state index in [4.69, 9.17) is 5.73 Å². The van der Waals surface area contributed by atoms with Gasteiger partial charge in [0.15, 0.2) is 0 Å². The first-order chi connectivity index (χ1) is 6.72. The first kappa shape index (κ1) is 10.8. The molecule has 0 radical (unpaired) electrons. The molecule has 0 aliphatic heterocycles. The molecule has 0 amide bonds. The van der Waals surface area contributed by atoms with Crippen LogP contribution >= 0.6 is 11.8 Å². The fraction of sp³-hybridized carbons (Fsp3) is 0.375. The summed E-state index contributed by atoms with van der Waals surface area (Å²) in [4.78, 5) is 18.7. The van der Waals surface area contributed by atoms with Gasteiger partial charge in [-0.05, 0) is 0 Å². The number of nitrogens with two attached hydrogens (primary N) is 1. The Kier molecular flexibility index (Phi) is 4.18. The largest absolute Gasteiger partial charge is 0.468 e. The number of aromatic nitrogens is 2. The molecule has 1 rings (SSSR count). The Bertz CT molecular complexity index is 302. The van der Waals surface area contributed by atoms with Gasteiger partial charge < -0.3 is 10.5 Å². The smallest absolute Gasteiger partial charge is 0.315 e. The fourth-order valence-electron chi connectivity index (χ4n) is 0.737. The summed E-state index contributed by atoms with van der Waals surface area (Å²) in [7, 11) is 1.37. The lowest BCUT2D eigenvalue weighted by Crippen LogP contribution is -2.03. The molecule has 76 valence electrons. The maximum Gasteiger partial charge on any atom is 0.315 e. The number of hydrogen-bond donors (Lipinski definition) is 1. The molecule has 6 heteroatoms. The number of esters is 1. The van der Waals surface area contributed by atoms with Crippen LogP contribution in [0, 0.1) is 0 Å². The van der Waals surface area contributed by atoms with Crippen LogP contribution in [-0.2, 0) is 15.3 Å². The molecule has 1 aromatic rings. The number of ether oxygens (including phenoxy) is 1. The Balaban J connectivity index is 2.31. The van der Waals surface area contributed by atoms with E-state index in [-0.39, 0.29) is 5.97 Å². The van der Waals surface area contributed by atoms with E-state index in [0.717, 1.165) is 5.69 Å². The zero-order chi connectivity index (χ0) is 10.4. The van der Waals surface area contributed by atoms with Crippen LogP contribution in [0.4, 0.5) is 5.82 Å². The summed E-state index contributed by atoms with van der Waals surface area (Å²) in [6.07, 6.45) is 3.09. The minimum atomic E-state index is -0.238.